The number of nitrogens with two attached hydrogens (primary N) is 1. The van der Waals surface area contributed by atoms with Crippen LogP contribution >= 0.6 is 0 Å². The van der Waals surface area contributed by atoms with Crippen molar-refractivity contribution in [1.29, 1.82) is 5.26 Å². The molecule has 4 aromatic rings. The number of amides is 1. The molecule has 194 valence electrons. The van der Waals surface area contributed by atoms with Gasteiger partial charge in [0.05, 0.1) is 40.9 Å². The third-order valence-corrected chi connectivity index (χ3v) is 6.23. The minimum Gasteiger partial charge on any atom is -0.494 e. The fraction of sp³-hybridized carbons (Fsp3) is 0.214. The highest BCUT2D eigenvalue weighted by atomic mass is 16.5. The Kier molecular flexibility index (Phi) is 7.60. The Hall–Kier alpha value is -4.88. The number of likely N-dealkylation sites (N-methyl/N-ethyl adjacent to an activating group) is 1. The molecule has 10 heteroatoms. The van der Waals surface area contributed by atoms with Crippen molar-refractivity contribution in [2.75, 3.05) is 42.8 Å². The normalized spacial score (nSPS) is 10.6. The molecule has 0 fully saturated rings. The zero-order chi connectivity index (χ0) is 27.4. The minimum atomic E-state index is -0.346. The monoisotopic (exact) mass is 510 g/mol. The summed E-state index contributed by atoms with van der Waals surface area (Å²) >= 11 is 0. The number of nitriles is 1. The molecule has 0 bridgehead atoms. The second-order valence-electron chi connectivity index (χ2n) is 8.82. The molecule has 0 radical (unpaired) electrons. The van der Waals surface area contributed by atoms with E-state index >= 15 is 0 Å². The molecule has 0 spiro atoms. The van der Waals surface area contributed by atoms with Crippen LogP contribution in [0.1, 0.15) is 11.1 Å². The van der Waals surface area contributed by atoms with Gasteiger partial charge in [-0.1, -0.05) is 6.58 Å². The second-order valence-corrected chi connectivity index (χ2v) is 8.82. The molecule has 0 saturated heterocycles. The summed E-state index contributed by atoms with van der Waals surface area (Å²) in [6.45, 7) is 6.58. The maximum atomic E-state index is 12.1. The Bertz CT molecular complexity index is 1570. The van der Waals surface area contributed by atoms with Crippen LogP contribution in [0.2, 0.25) is 0 Å². The molecule has 4 rings (SSSR count). The van der Waals surface area contributed by atoms with Gasteiger partial charge in [-0.3, -0.25) is 4.79 Å². The Morgan fingerprint density at radius 2 is 2.11 bits per heavy atom. The van der Waals surface area contributed by atoms with E-state index in [-0.39, 0.29) is 5.91 Å². The predicted octanol–water partition coefficient (Wildman–Crippen LogP) is 4.09. The maximum Gasteiger partial charge on any atom is 0.247 e. The standard InChI is InChI=1S/C28H30N8O2/c1-6-26(37)32-22-13-23(25(38-5)14-24(22)35(3)10-8-29)34-28-31-9-7-21(33-28)18-11-19(15-30)27-20(12-18)17(2)16-36(27)4/h6-7,9,11-14,16H,1,8,10,29H2,2-5H3,(H,32,37)(H,31,33,34). The molecule has 0 aliphatic rings. The number of aromatic nitrogens is 3. The van der Waals surface area contributed by atoms with Crippen LogP contribution in [0.15, 0.2) is 55.4 Å². The van der Waals surface area contributed by atoms with Gasteiger partial charge in [0.2, 0.25) is 11.9 Å². The van der Waals surface area contributed by atoms with Crippen LogP contribution in [-0.2, 0) is 11.8 Å². The highest BCUT2D eigenvalue weighted by Crippen LogP contribution is 2.38. The summed E-state index contributed by atoms with van der Waals surface area (Å²) < 4.78 is 7.60. The summed E-state index contributed by atoms with van der Waals surface area (Å²) in [7, 11) is 5.37. The Morgan fingerprint density at radius 1 is 1.32 bits per heavy atom. The topological polar surface area (TPSA) is 134 Å². The number of carbonyl (C=O) groups is 1. The molecule has 0 atom stereocenters. The van der Waals surface area contributed by atoms with E-state index in [9.17, 15) is 10.1 Å². The van der Waals surface area contributed by atoms with Crippen molar-refractivity contribution in [3.63, 3.8) is 0 Å². The molecular weight excluding hydrogens is 480 g/mol. The van der Waals surface area contributed by atoms with Crippen LogP contribution in [0.3, 0.4) is 0 Å². The van der Waals surface area contributed by atoms with Crippen molar-refractivity contribution < 1.29 is 9.53 Å². The van der Waals surface area contributed by atoms with Crippen LogP contribution in [0.4, 0.5) is 23.0 Å². The predicted molar refractivity (Wildman–Crippen MR) is 151 cm³/mol. The first-order valence-electron chi connectivity index (χ1n) is 12.0. The number of fused-ring (bicyclic) bond motifs is 1. The van der Waals surface area contributed by atoms with E-state index in [1.165, 1.54) is 6.08 Å². The van der Waals surface area contributed by atoms with Gasteiger partial charge < -0.3 is 30.6 Å². The lowest BCUT2D eigenvalue weighted by Gasteiger charge is -2.24. The largest absolute Gasteiger partial charge is 0.494 e. The number of rotatable bonds is 9. The van der Waals surface area contributed by atoms with E-state index in [0.29, 0.717) is 47.4 Å². The van der Waals surface area contributed by atoms with Crippen molar-refractivity contribution in [2.24, 2.45) is 12.8 Å². The van der Waals surface area contributed by atoms with Crippen molar-refractivity contribution in [3.05, 3.63) is 66.5 Å². The minimum absolute atomic E-state index is 0.327. The quantitative estimate of drug-likeness (QED) is 0.287. The van der Waals surface area contributed by atoms with Crippen molar-refractivity contribution in [1.82, 2.24) is 14.5 Å². The average Bonchev–Trinajstić information content (AvgIpc) is 3.21. The van der Waals surface area contributed by atoms with Gasteiger partial charge in [0.25, 0.3) is 0 Å². The third kappa shape index (κ3) is 5.14. The summed E-state index contributed by atoms with van der Waals surface area (Å²) in [4.78, 5) is 23.1. The van der Waals surface area contributed by atoms with Gasteiger partial charge in [0, 0.05) is 56.6 Å². The van der Waals surface area contributed by atoms with E-state index in [2.05, 4.69) is 28.3 Å². The van der Waals surface area contributed by atoms with Crippen LogP contribution in [0, 0.1) is 18.3 Å². The zero-order valence-electron chi connectivity index (χ0n) is 21.9. The summed E-state index contributed by atoms with van der Waals surface area (Å²) in [6.07, 6.45) is 4.86. The van der Waals surface area contributed by atoms with Gasteiger partial charge in [0.15, 0.2) is 0 Å². The molecule has 0 saturated carbocycles. The fourth-order valence-electron chi connectivity index (χ4n) is 4.42. The number of hydrogen-bond donors (Lipinski definition) is 3. The molecule has 2 aromatic carbocycles. The number of ether oxygens (including phenoxy) is 1. The van der Waals surface area contributed by atoms with E-state index < -0.39 is 0 Å². The average molecular weight is 511 g/mol. The maximum absolute atomic E-state index is 12.1. The van der Waals surface area contributed by atoms with Crippen LogP contribution in [-0.4, -0.2) is 47.7 Å². The van der Waals surface area contributed by atoms with Crippen molar-refractivity contribution >= 4 is 39.8 Å². The van der Waals surface area contributed by atoms with Crippen LogP contribution in [0.5, 0.6) is 5.75 Å². The summed E-state index contributed by atoms with van der Waals surface area (Å²) in [5.74, 6) is 0.512. The molecule has 2 heterocycles. The van der Waals surface area contributed by atoms with Gasteiger partial charge in [-0.15, -0.1) is 0 Å². The summed E-state index contributed by atoms with van der Waals surface area (Å²) in [6, 6.07) is 11.5. The van der Waals surface area contributed by atoms with E-state index in [0.717, 1.165) is 27.7 Å². The zero-order valence-corrected chi connectivity index (χ0v) is 21.9. The number of nitrogens with one attached hydrogen (secondary N) is 2. The Labute approximate surface area is 221 Å². The molecule has 0 unspecified atom stereocenters. The number of methoxy groups -OCH3 is 1. The van der Waals surface area contributed by atoms with Gasteiger partial charge in [-0.25, -0.2) is 9.97 Å². The lowest BCUT2D eigenvalue weighted by atomic mass is 10.0. The molecule has 0 aliphatic heterocycles. The van der Waals surface area contributed by atoms with Gasteiger partial charge in [-0.2, -0.15) is 5.26 Å². The summed E-state index contributed by atoms with van der Waals surface area (Å²) in [5, 5.41) is 16.8. The Morgan fingerprint density at radius 3 is 2.79 bits per heavy atom. The number of carbonyl (C=O) groups excluding carboxylic acids is 1. The van der Waals surface area contributed by atoms with Gasteiger partial charge in [0.1, 0.15) is 11.8 Å². The molecule has 2 aromatic heterocycles. The molecule has 1 amide bonds. The lowest BCUT2D eigenvalue weighted by molar-refractivity contribution is -0.111. The first-order chi connectivity index (χ1) is 18.3. The third-order valence-electron chi connectivity index (χ3n) is 6.23. The molecular formula is C28H30N8O2. The Balaban J connectivity index is 1.75. The highest BCUT2D eigenvalue weighted by Gasteiger charge is 2.17. The van der Waals surface area contributed by atoms with E-state index in [1.807, 2.05) is 54.9 Å². The lowest BCUT2D eigenvalue weighted by Crippen LogP contribution is -2.26. The first-order valence-corrected chi connectivity index (χ1v) is 12.0. The van der Waals surface area contributed by atoms with E-state index in [1.54, 1.807) is 25.4 Å². The second kappa shape index (κ2) is 11.0. The fourth-order valence-corrected chi connectivity index (χ4v) is 4.42. The van der Waals surface area contributed by atoms with Crippen LogP contribution < -0.4 is 26.0 Å². The van der Waals surface area contributed by atoms with Crippen molar-refractivity contribution in [2.45, 2.75) is 6.92 Å². The number of benzene rings is 2. The molecule has 38 heavy (non-hydrogen) atoms. The molecule has 4 N–H and O–H groups in total. The summed E-state index contributed by atoms with van der Waals surface area (Å²) in [5.41, 5.74) is 11.6. The number of nitrogens with zero attached hydrogens (tertiary/aromatic N) is 5. The van der Waals surface area contributed by atoms with Crippen LogP contribution in [0.25, 0.3) is 22.2 Å². The smallest absolute Gasteiger partial charge is 0.247 e. The molecule has 0 aliphatic carbocycles. The van der Waals surface area contributed by atoms with Crippen molar-refractivity contribution in [3.8, 4) is 23.1 Å². The number of hydrogen-bond acceptors (Lipinski definition) is 8. The highest BCUT2D eigenvalue weighted by molar-refractivity contribution is 6.02. The number of aryl methyl sites for hydroxylation is 2. The van der Waals surface area contributed by atoms with Gasteiger partial charge >= 0.3 is 0 Å². The first kappa shape index (κ1) is 26.2. The van der Waals surface area contributed by atoms with E-state index in [4.69, 9.17) is 15.5 Å². The SMILES string of the molecule is C=CC(=O)Nc1cc(Nc2nccc(-c3cc(C#N)c4c(c3)c(C)cn4C)n2)c(OC)cc1N(C)CCN. The number of anilines is 4. The van der Waals surface area contributed by atoms with Gasteiger partial charge in [-0.05, 0) is 42.8 Å². The molecule has 10 nitrogen and oxygen atoms in total.